The Morgan fingerprint density at radius 1 is 0.583 bits per heavy atom. The maximum absolute atomic E-state index is 12.5. The second-order valence-electron chi connectivity index (χ2n) is 19.6. The average Bonchev–Trinajstić information content (AvgIpc) is 4.18. The number of amides is 2. The summed E-state index contributed by atoms with van der Waals surface area (Å²) in [4.78, 5) is 74.7. The van der Waals surface area contributed by atoms with Crippen LogP contribution in [0.5, 0.6) is 11.5 Å². The van der Waals surface area contributed by atoms with Crippen LogP contribution in [0.1, 0.15) is 106 Å². The standard InChI is InChI=1S/2C26H30N4O6/c1-16(2)25(34)36-13-12-35-23(32)11-7-17-6-10-22(31)21(14-17)30-28-19-9-8-18(15-20(19)29(28)30)24(33)27-26(3,4)5;1-15(2)25(34)36-11-10-35-22(31)9-6-16-12-18(26(3,4)5)23(32)21(13-16)30-28-19-8-7-17(24(27)33)14-20(19)29(28)30/h6,8-10,14-15,31H,1,7,11-13H2,2-5H3,(H,27,33);7-8,12-14,32H,1,6,9-11H2,2-5H3,(H2,27,33). The third kappa shape index (κ3) is 11.3. The fourth-order valence-corrected chi connectivity index (χ4v) is 7.70. The van der Waals surface area contributed by atoms with Gasteiger partial charge in [0.2, 0.25) is 5.91 Å². The number of hydrogen-bond acceptors (Lipinski definition) is 12. The molecule has 0 radical (unpaired) electrons. The summed E-state index contributed by atoms with van der Waals surface area (Å²) in [5, 5.41) is 24.6. The monoisotopic (exact) mass is 988 g/mol. The van der Waals surface area contributed by atoms with Crippen LogP contribution in [-0.2, 0) is 56.4 Å². The Morgan fingerprint density at radius 2 is 1.04 bits per heavy atom. The topological polar surface area (TPSA) is 245 Å². The number of ether oxygens (including phenoxy) is 4. The van der Waals surface area contributed by atoms with Crippen molar-refractivity contribution in [3.63, 3.8) is 0 Å². The lowest BCUT2D eigenvalue weighted by atomic mass is 9.84. The molecular weight excluding hydrogens is 929 g/mol. The molecule has 0 saturated heterocycles. The number of fused-ring (bicyclic) bond motifs is 8. The Morgan fingerprint density at radius 3 is 1.54 bits per heavy atom. The van der Waals surface area contributed by atoms with Gasteiger partial charge in [0.25, 0.3) is 5.91 Å². The average molecular weight is 989 g/mol. The van der Waals surface area contributed by atoms with Gasteiger partial charge in [0, 0.05) is 46.2 Å². The third-order valence-corrected chi connectivity index (χ3v) is 11.4. The van der Waals surface area contributed by atoms with Crippen LogP contribution < -0.4 is 11.1 Å². The number of rotatable bonds is 18. The lowest BCUT2D eigenvalue weighted by Crippen LogP contribution is -2.40. The minimum atomic E-state index is -0.527. The van der Waals surface area contributed by atoms with Gasteiger partial charge in [-0.05, 0) is 119 Å². The molecule has 380 valence electrons. The molecule has 0 fully saturated rings. The first kappa shape index (κ1) is 51.4. The van der Waals surface area contributed by atoms with E-state index in [0.29, 0.717) is 35.3 Å². The summed E-state index contributed by atoms with van der Waals surface area (Å²) >= 11 is 0. The van der Waals surface area contributed by atoms with Gasteiger partial charge in [-0.1, -0.05) is 46.1 Å². The Hall–Kier alpha value is -8.42. The molecule has 8 rings (SSSR count). The number of carbonyl (C=O) groups excluding carboxylic acids is 6. The molecule has 0 aliphatic heterocycles. The predicted octanol–water partition coefficient (Wildman–Crippen LogP) is 6.37. The highest BCUT2D eigenvalue weighted by molar-refractivity contribution is 5.99. The molecule has 0 saturated carbocycles. The van der Waals surface area contributed by atoms with Crippen LogP contribution in [0.25, 0.3) is 33.4 Å². The fraction of sp³-hybridized carbons (Fsp3) is 0.346. The van der Waals surface area contributed by atoms with E-state index in [-0.39, 0.29) is 78.8 Å². The van der Waals surface area contributed by atoms with E-state index in [1.807, 2.05) is 90.4 Å². The van der Waals surface area contributed by atoms with Crippen LogP contribution in [0.3, 0.4) is 0 Å². The zero-order valence-electron chi connectivity index (χ0n) is 41.7. The smallest absolute Gasteiger partial charge is 0.333 e. The van der Waals surface area contributed by atoms with E-state index in [9.17, 15) is 39.0 Å². The van der Waals surface area contributed by atoms with Crippen molar-refractivity contribution in [2.24, 2.45) is 5.73 Å². The first-order valence-electron chi connectivity index (χ1n) is 23.2. The van der Waals surface area contributed by atoms with Crippen molar-refractivity contribution < 1.29 is 57.9 Å². The molecule has 0 aliphatic rings. The number of carbonyl (C=O) groups is 6. The molecule has 0 atom stereocenters. The number of esters is 4. The van der Waals surface area contributed by atoms with E-state index >= 15 is 0 Å². The minimum absolute atomic E-state index is 0.0234. The summed E-state index contributed by atoms with van der Waals surface area (Å²) in [7, 11) is 0. The minimum Gasteiger partial charge on any atom is -0.506 e. The van der Waals surface area contributed by atoms with Crippen molar-refractivity contribution in [3.05, 3.63) is 119 Å². The lowest BCUT2D eigenvalue weighted by Gasteiger charge is -2.22. The molecule has 0 bridgehead atoms. The van der Waals surface area contributed by atoms with Gasteiger partial charge in [-0.2, -0.15) is 0 Å². The molecule has 0 unspecified atom stereocenters. The largest absolute Gasteiger partial charge is 0.506 e. The highest BCUT2D eigenvalue weighted by Gasteiger charge is 2.31. The maximum atomic E-state index is 12.5. The molecule has 4 heterocycles. The van der Waals surface area contributed by atoms with Gasteiger partial charge in [-0.3, -0.25) is 19.2 Å². The van der Waals surface area contributed by atoms with Crippen molar-refractivity contribution in [1.82, 2.24) is 33.4 Å². The second-order valence-corrected chi connectivity index (χ2v) is 19.6. The van der Waals surface area contributed by atoms with Gasteiger partial charge < -0.3 is 40.2 Å². The Kier molecular flexibility index (Phi) is 14.4. The predicted molar refractivity (Wildman–Crippen MR) is 266 cm³/mol. The number of benzene rings is 4. The molecule has 8 aromatic rings. The number of nitrogens with one attached hydrogen (secondary N) is 1. The highest BCUT2D eigenvalue weighted by atomic mass is 16.6. The number of aromatic nitrogens is 6. The van der Waals surface area contributed by atoms with Crippen LogP contribution >= 0.6 is 0 Å². The van der Waals surface area contributed by atoms with E-state index in [1.54, 1.807) is 59.8 Å². The Labute approximate surface area is 413 Å². The molecule has 2 amide bonds. The second kappa shape index (κ2) is 20.1. The summed E-state index contributed by atoms with van der Waals surface area (Å²) in [6, 6.07) is 19.5. The molecule has 20 heteroatoms. The SMILES string of the molecule is C=C(C)C(=O)OCCOC(=O)CCc1cc(-n2n3c4ccc(C(N)=O)cc4n23)c(O)c(C(C)(C)C)c1.C=C(C)C(=O)OCCOC(=O)CCc1ccc(O)c(-n2n3c4ccc(C(=O)NC(C)(C)C)cc4n23)c1. The van der Waals surface area contributed by atoms with Gasteiger partial charge in [-0.25, -0.2) is 9.59 Å². The summed E-state index contributed by atoms with van der Waals surface area (Å²) in [6.07, 6.45) is 1.07. The molecule has 4 aromatic heterocycles. The van der Waals surface area contributed by atoms with Crippen LogP contribution in [0.15, 0.2) is 91.0 Å². The lowest BCUT2D eigenvalue weighted by molar-refractivity contribution is -0.150. The summed E-state index contributed by atoms with van der Waals surface area (Å²) in [5.74, 6) is -2.31. The molecular formula is C52H60N8O12. The first-order valence-corrected chi connectivity index (χ1v) is 23.2. The number of phenolic OH excluding ortho intramolecular Hbond substituents is 2. The van der Waals surface area contributed by atoms with Crippen molar-refractivity contribution >= 4 is 57.8 Å². The van der Waals surface area contributed by atoms with Crippen molar-refractivity contribution in [1.29, 1.82) is 0 Å². The molecule has 0 spiro atoms. The normalized spacial score (nSPS) is 11.8. The van der Waals surface area contributed by atoms with Crippen molar-refractivity contribution in [3.8, 4) is 22.9 Å². The number of aromatic hydroxyl groups is 2. The zero-order chi connectivity index (χ0) is 52.6. The third-order valence-electron chi connectivity index (χ3n) is 11.4. The molecule has 20 nitrogen and oxygen atoms in total. The first-order chi connectivity index (χ1) is 33.9. The van der Waals surface area contributed by atoms with Crippen LogP contribution in [0.4, 0.5) is 0 Å². The number of primary amides is 1. The molecule has 4 aromatic carbocycles. The molecule has 0 aliphatic carbocycles. The quantitative estimate of drug-likeness (QED) is 0.0317. The van der Waals surface area contributed by atoms with Gasteiger partial charge in [-0.15, -0.1) is 28.1 Å². The summed E-state index contributed by atoms with van der Waals surface area (Å²) < 4.78 is 27.5. The highest BCUT2D eigenvalue weighted by Crippen LogP contribution is 2.39. The summed E-state index contributed by atoms with van der Waals surface area (Å²) in [6.45, 7) is 21.7. The summed E-state index contributed by atoms with van der Waals surface area (Å²) in [5.41, 5.74) is 13.3. The fourth-order valence-electron chi connectivity index (χ4n) is 7.70. The van der Waals surface area contributed by atoms with Gasteiger partial charge in [0.15, 0.2) is 0 Å². The van der Waals surface area contributed by atoms with Crippen molar-refractivity contribution in [2.45, 2.75) is 92.0 Å². The molecule has 72 heavy (non-hydrogen) atoms. The van der Waals surface area contributed by atoms with Crippen LogP contribution in [-0.4, -0.2) is 106 Å². The molecule has 5 N–H and O–H groups in total. The van der Waals surface area contributed by atoms with E-state index in [4.69, 9.17) is 24.7 Å². The van der Waals surface area contributed by atoms with E-state index in [1.165, 1.54) is 0 Å². The van der Waals surface area contributed by atoms with E-state index in [2.05, 4.69) is 18.5 Å². The van der Waals surface area contributed by atoms with Crippen molar-refractivity contribution in [2.75, 3.05) is 26.4 Å². The van der Waals surface area contributed by atoms with E-state index < -0.39 is 29.8 Å². The Bertz CT molecular complexity index is 3370. The number of nitrogens with zero attached hydrogens (tertiary/aromatic N) is 6. The van der Waals surface area contributed by atoms with Crippen LogP contribution in [0, 0.1) is 0 Å². The van der Waals surface area contributed by atoms with E-state index in [0.717, 1.165) is 38.8 Å². The number of nitrogens with two attached hydrogens (primary N) is 1. The van der Waals surface area contributed by atoms with Gasteiger partial charge >= 0.3 is 23.9 Å². The zero-order valence-corrected chi connectivity index (χ0v) is 41.7. The number of hydrogen-bond donors (Lipinski definition) is 4. The maximum Gasteiger partial charge on any atom is 0.333 e. The number of phenols is 2. The van der Waals surface area contributed by atoms with Gasteiger partial charge in [0.1, 0.15) is 71.4 Å². The Balaban J connectivity index is 0.000000211. The number of aryl methyl sites for hydroxylation is 2. The van der Waals surface area contributed by atoms with Crippen LogP contribution in [0.2, 0.25) is 0 Å². The van der Waals surface area contributed by atoms with Gasteiger partial charge in [0.05, 0.1) is 0 Å².